The molecule has 0 N–H and O–H groups in total. The molecule has 0 aliphatic heterocycles. The average molecular weight is 241 g/mol. The molecule has 0 spiro atoms. The van der Waals surface area contributed by atoms with Gasteiger partial charge in [0.15, 0.2) is 0 Å². The molecule has 1 radical (unpaired) electrons. The van der Waals surface area contributed by atoms with Crippen LogP contribution >= 0.6 is 0 Å². The summed E-state index contributed by atoms with van der Waals surface area (Å²) in [6.07, 6.45) is 1.94. The molecule has 0 atom stereocenters. The molecular formula is C15H13O3. The maximum atomic E-state index is 11.0. The summed E-state index contributed by atoms with van der Waals surface area (Å²) in [5.74, 6) is 1.33. The summed E-state index contributed by atoms with van der Waals surface area (Å²) in [5, 5.41) is 0. The Morgan fingerprint density at radius 2 is 1.50 bits per heavy atom. The lowest BCUT2D eigenvalue weighted by atomic mass is 9.98. The number of carbonyl (C=O) groups excluding carboxylic acids is 1. The van der Waals surface area contributed by atoms with E-state index in [1.807, 2.05) is 36.6 Å². The molecule has 0 heterocycles. The normalized spacial score (nSPS) is 9.89. The maximum absolute atomic E-state index is 11.0. The first-order chi connectivity index (χ1) is 8.81. The van der Waals surface area contributed by atoms with E-state index in [1.165, 1.54) is 0 Å². The fourth-order valence-electron chi connectivity index (χ4n) is 1.91. The van der Waals surface area contributed by atoms with Crippen molar-refractivity contribution in [2.75, 3.05) is 14.2 Å². The molecular weight excluding hydrogens is 228 g/mol. The van der Waals surface area contributed by atoms with Gasteiger partial charge in [0, 0.05) is 11.1 Å². The lowest BCUT2D eigenvalue weighted by Crippen LogP contribution is -1.95. The largest absolute Gasteiger partial charge is 0.496 e. The van der Waals surface area contributed by atoms with E-state index in [9.17, 15) is 4.79 Å². The van der Waals surface area contributed by atoms with Crippen LogP contribution in [0.5, 0.6) is 11.5 Å². The van der Waals surface area contributed by atoms with E-state index in [1.54, 1.807) is 26.4 Å². The molecule has 0 fully saturated rings. The first kappa shape index (κ1) is 12.2. The second kappa shape index (κ2) is 5.36. The van der Waals surface area contributed by atoms with Crippen LogP contribution in [0.25, 0.3) is 11.1 Å². The van der Waals surface area contributed by atoms with Crippen molar-refractivity contribution in [3.63, 3.8) is 0 Å². The molecule has 0 saturated heterocycles. The molecule has 3 heteroatoms. The smallest absolute Gasteiger partial charge is 0.234 e. The molecule has 2 aromatic carbocycles. The van der Waals surface area contributed by atoms with E-state index >= 15 is 0 Å². The van der Waals surface area contributed by atoms with Gasteiger partial charge >= 0.3 is 0 Å². The van der Waals surface area contributed by atoms with Crippen molar-refractivity contribution in [3.05, 3.63) is 48.0 Å². The third-order valence-corrected chi connectivity index (χ3v) is 2.73. The Morgan fingerprint density at radius 1 is 0.889 bits per heavy atom. The monoisotopic (exact) mass is 241 g/mol. The Hall–Kier alpha value is -2.29. The fourth-order valence-corrected chi connectivity index (χ4v) is 1.91. The van der Waals surface area contributed by atoms with Gasteiger partial charge in [0.1, 0.15) is 11.5 Å². The van der Waals surface area contributed by atoms with Crippen molar-refractivity contribution in [2.24, 2.45) is 0 Å². The minimum absolute atomic E-state index is 0.486. The lowest BCUT2D eigenvalue weighted by molar-refractivity contribution is 0.397. The summed E-state index contributed by atoms with van der Waals surface area (Å²) in [6, 6.07) is 12.7. The molecule has 0 aromatic heterocycles. The molecule has 2 aromatic rings. The second-order valence-electron chi connectivity index (χ2n) is 3.69. The number of hydrogen-bond donors (Lipinski definition) is 0. The number of rotatable bonds is 4. The van der Waals surface area contributed by atoms with Gasteiger partial charge in [0.2, 0.25) is 6.29 Å². The van der Waals surface area contributed by atoms with Gasteiger partial charge in [-0.15, -0.1) is 0 Å². The molecule has 0 saturated carbocycles. The van der Waals surface area contributed by atoms with Gasteiger partial charge < -0.3 is 9.47 Å². The van der Waals surface area contributed by atoms with Crippen molar-refractivity contribution in [2.45, 2.75) is 0 Å². The Kier molecular flexibility index (Phi) is 3.63. The van der Waals surface area contributed by atoms with E-state index in [4.69, 9.17) is 9.47 Å². The van der Waals surface area contributed by atoms with Crippen LogP contribution in [0, 0.1) is 0 Å². The molecule has 0 aliphatic rings. The first-order valence-electron chi connectivity index (χ1n) is 5.50. The Bertz CT molecular complexity index is 539. The third-order valence-electron chi connectivity index (χ3n) is 2.73. The summed E-state index contributed by atoms with van der Waals surface area (Å²) < 4.78 is 10.7. The number of hydrogen-bond acceptors (Lipinski definition) is 3. The van der Waals surface area contributed by atoms with Crippen LogP contribution in [0.3, 0.4) is 0 Å². The zero-order valence-corrected chi connectivity index (χ0v) is 10.3. The second-order valence-corrected chi connectivity index (χ2v) is 3.69. The molecule has 2 rings (SSSR count). The predicted octanol–water partition coefficient (Wildman–Crippen LogP) is 2.83. The van der Waals surface area contributed by atoms with Gasteiger partial charge in [-0.3, -0.25) is 4.79 Å². The lowest BCUT2D eigenvalue weighted by Gasteiger charge is -2.14. The van der Waals surface area contributed by atoms with Crippen LogP contribution in [-0.2, 0) is 4.79 Å². The van der Waals surface area contributed by atoms with Gasteiger partial charge in [-0.1, -0.05) is 30.3 Å². The number of ether oxygens (including phenoxy) is 2. The Balaban J connectivity index is 2.72. The summed E-state index contributed by atoms with van der Waals surface area (Å²) >= 11 is 0. The van der Waals surface area contributed by atoms with Crippen LogP contribution in [0.4, 0.5) is 0 Å². The van der Waals surface area contributed by atoms with Crippen LogP contribution in [0.15, 0.2) is 42.5 Å². The van der Waals surface area contributed by atoms with Crippen molar-refractivity contribution in [1.82, 2.24) is 0 Å². The quantitative estimate of drug-likeness (QED) is 0.825. The van der Waals surface area contributed by atoms with Gasteiger partial charge in [-0.25, -0.2) is 0 Å². The summed E-state index contributed by atoms with van der Waals surface area (Å²) in [6.45, 7) is 0. The van der Waals surface area contributed by atoms with Gasteiger partial charge in [0.05, 0.1) is 19.8 Å². The van der Waals surface area contributed by atoms with Crippen LogP contribution in [-0.4, -0.2) is 20.5 Å². The van der Waals surface area contributed by atoms with E-state index in [0.717, 1.165) is 11.1 Å². The molecule has 0 aliphatic carbocycles. The Morgan fingerprint density at radius 3 is 2.06 bits per heavy atom. The fraction of sp³-hybridized carbons (Fsp3) is 0.133. The predicted molar refractivity (Wildman–Crippen MR) is 69.8 cm³/mol. The highest BCUT2D eigenvalue weighted by molar-refractivity contribution is 5.91. The summed E-state index contributed by atoms with van der Waals surface area (Å²) in [5.41, 5.74) is 2.00. The zero-order valence-electron chi connectivity index (χ0n) is 10.3. The number of methoxy groups -OCH3 is 2. The number of benzene rings is 2. The maximum Gasteiger partial charge on any atom is 0.234 e. The molecule has 0 bridgehead atoms. The van der Waals surface area contributed by atoms with Crippen LogP contribution in [0.1, 0.15) is 5.56 Å². The summed E-state index contributed by atoms with van der Waals surface area (Å²) in [4.78, 5) is 11.0. The van der Waals surface area contributed by atoms with E-state index in [-0.39, 0.29) is 0 Å². The van der Waals surface area contributed by atoms with E-state index in [2.05, 4.69) is 0 Å². The average Bonchev–Trinajstić information content (AvgIpc) is 2.46. The van der Waals surface area contributed by atoms with Gasteiger partial charge in [-0.2, -0.15) is 0 Å². The highest BCUT2D eigenvalue weighted by atomic mass is 16.5. The van der Waals surface area contributed by atoms with Crippen LogP contribution < -0.4 is 9.47 Å². The summed E-state index contributed by atoms with van der Waals surface area (Å²) in [7, 11) is 3.18. The van der Waals surface area contributed by atoms with Crippen LogP contribution in [0.2, 0.25) is 0 Å². The first-order valence-corrected chi connectivity index (χ1v) is 5.50. The highest BCUT2D eigenvalue weighted by Crippen LogP contribution is 2.39. The minimum atomic E-state index is 0.486. The Labute approximate surface area is 106 Å². The molecule has 91 valence electrons. The standard InChI is InChI=1S/C15H13O3/c1-17-13-8-5-9-14(18-2)15(13)12-7-4-3-6-11(12)10-16/h3-9H,1-2H3. The third kappa shape index (κ3) is 2.07. The molecule has 0 amide bonds. The van der Waals surface area contributed by atoms with E-state index < -0.39 is 0 Å². The van der Waals surface area contributed by atoms with Gasteiger partial charge in [-0.05, 0) is 12.1 Å². The zero-order chi connectivity index (χ0) is 13.0. The highest BCUT2D eigenvalue weighted by Gasteiger charge is 2.15. The van der Waals surface area contributed by atoms with Gasteiger partial charge in [0.25, 0.3) is 0 Å². The molecule has 18 heavy (non-hydrogen) atoms. The molecule has 3 nitrogen and oxygen atoms in total. The van der Waals surface area contributed by atoms with Crippen molar-refractivity contribution >= 4 is 6.29 Å². The van der Waals surface area contributed by atoms with Crippen molar-refractivity contribution in [1.29, 1.82) is 0 Å². The van der Waals surface area contributed by atoms with Crippen molar-refractivity contribution in [3.8, 4) is 22.6 Å². The molecule has 0 unspecified atom stereocenters. The minimum Gasteiger partial charge on any atom is -0.496 e. The SMILES string of the molecule is COc1cccc(OC)c1-c1ccccc1[C]=O. The topological polar surface area (TPSA) is 35.5 Å². The van der Waals surface area contributed by atoms with Crippen molar-refractivity contribution < 1.29 is 14.3 Å². The van der Waals surface area contributed by atoms with E-state index in [0.29, 0.717) is 17.1 Å².